The Kier molecular flexibility index (Phi) is 3.84. The molecular formula is C14H12N4O3S. The topological polar surface area (TPSA) is 90.1 Å². The highest BCUT2D eigenvalue weighted by Crippen LogP contribution is 2.19. The molecule has 0 atom stereocenters. The number of benzene rings is 1. The second-order valence-electron chi connectivity index (χ2n) is 4.47. The molecule has 3 rings (SSSR count). The number of carbonyl (C=O) groups is 1. The molecule has 2 aromatic heterocycles. The van der Waals surface area contributed by atoms with Crippen LogP contribution in [0.4, 0.5) is 0 Å². The minimum atomic E-state index is -1.15. The molecule has 7 nitrogen and oxygen atoms in total. The predicted octanol–water partition coefficient (Wildman–Crippen LogP) is 2.31. The highest BCUT2D eigenvalue weighted by molar-refractivity contribution is 7.12. The second kappa shape index (κ2) is 5.94. The van der Waals surface area contributed by atoms with E-state index in [-0.39, 0.29) is 12.3 Å². The van der Waals surface area contributed by atoms with Gasteiger partial charge in [-0.15, -0.1) is 16.4 Å². The first kappa shape index (κ1) is 14.2. The van der Waals surface area contributed by atoms with Crippen LogP contribution in [0.15, 0.2) is 35.7 Å². The molecule has 1 aromatic carbocycles. The van der Waals surface area contributed by atoms with Gasteiger partial charge in [-0.25, -0.2) is 9.78 Å². The lowest BCUT2D eigenvalue weighted by Crippen LogP contribution is -2.10. The average molecular weight is 316 g/mol. The van der Waals surface area contributed by atoms with E-state index in [0.717, 1.165) is 5.69 Å². The van der Waals surface area contributed by atoms with E-state index in [1.165, 1.54) is 16.0 Å². The third-order valence-electron chi connectivity index (χ3n) is 2.87. The summed E-state index contributed by atoms with van der Waals surface area (Å²) in [6, 6.07) is 9.14. The number of rotatable bonds is 5. The molecule has 3 aromatic rings. The van der Waals surface area contributed by atoms with Crippen LogP contribution in [0.2, 0.25) is 0 Å². The molecule has 0 bridgehead atoms. The number of hydrogen-bond acceptors (Lipinski definition) is 6. The van der Waals surface area contributed by atoms with Gasteiger partial charge in [0.2, 0.25) is 5.13 Å². The molecule has 112 valence electrons. The van der Waals surface area contributed by atoms with E-state index in [9.17, 15) is 9.90 Å². The Morgan fingerprint density at radius 3 is 2.77 bits per heavy atom. The maximum atomic E-state index is 11.3. The van der Waals surface area contributed by atoms with Gasteiger partial charge in [-0.3, -0.25) is 0 Å². The third-order valence-corrected chi connectivity index (χ3v) is 3.81. The summed E-state index contributed by atoms with van der Waals surface area (Å²) in [7, 11) is 0. The molecule has 0 unspecified atom stereocenters. The summed E-state index contributed by atoms with van der Waals surface area (Å²) in [5.41, 5.74) is 1.05. The first-order valence-corrected chi connectivity index (χ1v) is 7.31. The van der Waals surface area contributed by atoms with Crippen molar-refractivity contribution >= 4 is 17.3 Å². The van der Waals surface area contributed by atoms with Gasteiger partial charge in [-0.05, 0) is 19.1 Å². The molecule has 0 aliphatic rings. The van der Waals surface area contributed by atoms with E-state index in [1.54, 1.807) is 12.1 Å². The molecule has 2 heterocycles. The first-order valence-electron chi connectivity index (χ1n) is 6.43. The van der Waals surface area contributed by atoms with Crippen LogP contribution >= 0.6 is 11.3 Å². The van der Waals surface area contributed by atoms with Gasteiger partial charge in [0.05, 0.1) is 5.69 Å². The van der Waals surface area contributed by atoms with Crippen molar-refractivity contribution in [3.05, 3.63) is 52.8 Å². The highest BCUT2D eigenvalue weighted by Gasteiger charge is 2.21. The van der Waals surface area contributed by atoms with Crippen molar-refractivity contribution in [1.29, 1.82) is 0 Å². The van der Waals surface area contributed by atoms with Crippen LogP contribution in [-0.4, -0.2) is 31.1 Å². The minimum Gasteiger partial charge on any atom is -0.487 e. The Bertz CT molecular complexity index is 798. The van der Waals surface area contributed by atoms with Gasteiger partial charge in [0.15, 0.2) is 5.69 Å². The zero-order valence-corrected chi connectivity index (χ0v) is 12.4. The summed E-state index contributed by atoms with van der Waals surface area (Å²) in [6.07, 6.45) is 0. The number of carboxylic acid groups (broad SMARTS) is 1. The van der Waals surface area contributed by atoms with Gasteiger partial charge in [-0.1, -0.05) is 23.4 Å². The summed E-state index contributed by atoms with van der Waals surface area (Å²) < 4.78 is 7.03. The van der Waals surface area contributed by atoms with Gasteiger partial charge in [-0.2, -0.15) is 4.68 Å². The molecule has 0 saturated carbocycles. The molecule has 0 aliphatic heterocycles. The van der Waals surface area contributed by atoms with Crippen LogP contribution in [0, 0.1) is 6.92 Å². The number of aromatic nitrogens is 4. The molecule has 22 heavy (non-hydrogen) atoms. The lowest BCUT2D eigenvalue weighted by molar-refractivity contribution is 0.0687. The van der Waals surface area contributed by atoms with Crippen molar-refractivity contribution in [1.82, 2.24) is 20.0 Å². The van der Waals surface area contributed by atoms with E-state index in [4.69, 9.17) is 4.74 Å². The maximum Gasteiger partial charge on any atom is 0.358 e. The molecule has 0 fully saturated rings. The van der Waals surface area contributed by atoms with Crippen LogP contribution in [0.1, 0.15) is 21.9 Å². The maximum absolute atomic E-state index is 11.3. The van der Waals surface area contributed by atoms with E-state index < -0.39 is 5.97 Å². The Labute approximate surface area is 129 Å². The van der Waals surface area contributed by atoms with Crippen LogP contribution in [0.25, 0.3) is 5.13 Å². The number of aryl methyl sites for hydroxylation is 1. The van der Waals surface area contributed by atoms with Crippen molar-refractivity contribution in [3.63, 3.8) is 0 Å². The van der Waals surface area contributed by atoms with E-state index >= 15 is 0 Å². The van der Waals surface area contributed by atoms with Gasteiger partial charge >= 0.3 is 5.97 Å². The van der Waals surface area contributed by atoms with Gasteiger partial charge < -0.3 is 9.84 Å². The van der Waals surface area contributed by atoms with Crippen molar-refractivity contribution in [2.75, 3.05) is 0 Å². The number of aromatic carboxylic acids is 1. The fourth-order valence-electron chi connectivity index (χ4n) is 1.86. The van der Waals surface area contributed by atoms with Crippen molar-refractivity contribution in [2.24, 2.45) is 0 Å². The second-order valence-corrected chi connectivity index (χ2v) is 5.31. The summed E-state index contributed by atoms with van der Waals surface area (Å²) in [5, 5.41) is 19.3. The van der Waals surface area contributed by atoms with Crippen LogP contribution in [-0.2, 0) is 6.61 Å². The number of para-hydroxylation sites is 1. The fourth-order valence-corrected chi connectivity index (χ4v) is 2.63. The number of carboxylic acids is 1. The molecule has 0 amide bonds. The number of hydrogen-bond donors (Lipinski definition) is 1. The van der Waals surface area contributed by atoms with E-state index in [2.05, 4.69) is 15.3 Å². The van der Waals surface area contributed by atoms with Crippen molar-refractivity contribution < 1.29 is 14.6 Å². The summed E-state index contributed by atoms with van der Waals surface area (Å²) >= 11 is 1.36. The quantitative estimate of drug-likeness (QED) is 0.777. The Hall–Kier alpha value is -2.74. The summed E-state index contributed by atoms with van der Waals surface area (Å²) in [5.74, 6) is -0.506. The standard InChI is InChI=1S/C14H12N4O3S/c1-9-8-22-14(15-9)18-11(12(13(19)20)16-17-18)7-21-10-5-3-2-4-6-10/h2-6,8H,7H2,1H3,(H,19,20). The normalized spacial score (nSPS) is 10.6. The van der Waals surface area contributed by atoms with E-state index in [1.807, 2.05) is 30.5 Å². The molecule has 0 spiro atoms. The zero-order chi connectivity index (χ0) is 15.5. The third kappa shape index (κ3) is 2.82. The number of ether oxygens (including phenoxy) is 1. The average Bonchev–Trinajstić information content (AvgIpc) is 3.12. The van der Waals surface area contributed by atoms with Crippen LogP contribution in [0.5, 0.6) is 5.75 Å². The SMILES string of the molecule is Cc1csc(-n2nnc(C(=O)O)c2COc2ccccc2)n1. The Morgan fingerprint density at radius 1 is 1.36 bits per heavy atom. The van der Waals surface area contributed by atoms with E-state index in [0.29, 0.717) is 16.6 Å². The zero-order valence-electron chi connectivity index (χ0n) is 11.6. The molecule has 8 heteroatoms. The van der Waals surface area contributed by atoms with Crippen LogP contribution in [0.3, 0.4) is 0 Å². The lowest BCUT2D eigenvalue weighted by atomic mass is 10.3. The number of thiazole rings is 1. The molecule has 0 saturated heterocycles. The van der Waals surface area contributed by atoms with Gasteiger partial charge in [0, 0.05) is 5.38 Å². The predicted molar refractivity (Wildman–Crippen MR) is 79.5 cm³/mol. The molecular weight excluding hydrogens is 304 g/mol. The largest absolute Gasteiger partial charge is 0.487 e. The fraction of sp³-hybridized carbons (Fsp3) is 0.143. The van der Waals surface area contributed by atoms with Crippen molar-refractivity contribution in [2.45, 2.75) is 13.5 Å². The minimum absolute atomic E-state index is 0.0390. The Balaban J connectivity index is 1.93. The highest BCUT2D eigenvalue weighted by atomic mass is 32.1. The Morgan fingerprint density at radius 2 is 2.14 bits per heavy atom. The summed E-state index contributed by atoms with van der Waals surface area (Å²) in [4.78, 5) is 15.6. The molecule has 0 aliphatic carbocycles. The van der Waals surface area contributed by atoms with Crippen LogP contribution < -0.4 is 4.74 Å². The monoisotopic (exact) mass is 316 g/mol. The molecule has 1 N–H and O–H groups in total. The number of nitrogens with zero attached hydrogens (tertiary/aromatic N) is 4. The van der Waals surface area contributed by atoms with Gasteiger partial charge in [0.1, 0.15) is 18.1 Å². The molecule has 0 radical (unpaired) electrons. The first-order chi connectivity index (χ1) is 10.6. The summed E-state index contributed by atoms with van der Waals surface area (Å²) in [6.45, 7) is 1.90. The van der Waals surface area contributed by atoms with Gasteiger partial charge in [0.25, 0.3) is 0 Å². The lowest BCUT2D eigenvalue weighted by Gasteiger charge is -2.07. The smallest absolute Gasteiger partial charge is 0.358 e. The van der Waals surface area contributed by atoms with Crippen molar-refractivity contribution in [3.8, 4) is 10.9 Å².